The lowest BCUT2D eigenvalue weighted by Crippen LogP contribution is -2.33. The predicted molar refractivity (Wildman–Crippen MR) is 57.6 cm³/mol. The van der Waals surface area contributed by atoms with E-state index in [-0.39, 0.29) is 10.8 Å². The van der Waals surface area contributed by atoms with Gasteiger partial charge < -0.3 is 0 Å². The molecule has 2 bridgehead atoms. The van der Waals surface area contributed by atoms with Crippen LogP contribution in [0.2, 0.25) is 0 Å². The molecule has 0 saturated heterocycles. The van der Waals surface area contributed by atoms with E-state index < -0.39 is 0 Å². The molecule has 14 heavy (non-hydrogen) atoms. The Bertz CT molecular complexity index is 316. The molecule has 0 aromatic carbocycles. The van der Waals surface area contributed by atoms with Crippen LogP contribution in [-0.4, -0.2) is 18.0 Å². The van der Waals surface area contributed by atoms with E-state index >= 15 is 0 Å². The summed E-state index contributed by atoms with van der Waals surface area (Å²) >= 11 is 0. The van der Waals surface area contributed by atoms with Crippen molar-refractivity contribution in [1.29, 1.82) is 0 Å². The van der Waals surface area contributed by atoms with E-state index in [9.17, 15) is 4.79 Å². The largest absolute Gasteiger partial charge is 0.292 e. The molecule has 2 saturated carbocycles. The van der Waals surface area contributed by atoms with Crippen molar-refractivity contribution in [3.05, 3.63) is 0 Å². The Balaban J connectivity index is 2.49. The zero-order valence-corrected chi connectivity index (χ0v) is 9.55. The van der Waals surface area contributed by atoms with E-state index in [2.05, 4.69) is 25.8 Å². The summed E-state index contributed by atoms with van der Waals surface area (Å²) in [5.74, 6) is 0.737. The molecule has 2 aliphatic rings. The molecule has 2 atom stereocenters. The second kappa shape index (κ2) is 2.68. The number of carbonyl (C=O) groups excluding carboxylic acids is 1. The summed E-state index contributed by atoms with van der Waals surface area (Å²) in [6, 6.07) is 0. The number of aliphatic imine (C=N–C) groups is 1. The minimum Gasteiger partial charge on any atom is -0.292 e. The van der Waals surface area contributed by atoms with Crippen molar-refractivity contribution in [2.45, 2.75) is 40.5 Å². The lowest BCUT2D eigenvalue weighted by atomic mass is 9.70. The zero-order valence-electron chi connectivity index (χ0n) is 9.55. The van der Waals surface area contributed by atoms with Gasteiger partial charge in [-0.25, -0.2) is 0 Å². The Morgan fingerprint density at radius 3 is 2.50 bits per heavy atom. The van der Waals surface area contributed by atoms with E-state index in [1.165, 1.54) is 0 Å². The highest BCUT2D eigenvalue weighted by atomic mass is 16.1. The number of hydrogen-bond acceptors (Lipinski definition) is 2. The molecule has 0 aromatic heterocycles. The van der Waals surface area contributed by atoms with Gasteiger partial charge in [0.05, 0.1) is 5.71 Å². The Morgan fingerprint density at radius 1 is 1.43 bits per heavy atom. The van der Waals surface area contributed by atoms with Crippen molar-refractivity contribution in [1.82, 2.24) is 0 Å². The maximum absolute atomic E-state index is 12.2. The number of nitrogens with zero attached hydrogens (tertiary/aromatic N) is 1. The Kier molecular flexibility index (Phi) is 1.89. The molecule has 2 rings (SSSR count). The molecule has 0 unspecified atom stereocenters. The lowest BCUT2D eigenvalue weighted by Gasteiger charge is -2.31. The summed E-state index contributed by atoms with van der Waals surface area (Å²) in [4.78, 5) is 16.6. The molecule has 0 aromatic rings. The first kappa shape index (κ1) is 9.88. The van der Waals surface area contributed by atoms with Crippen molar-refractivity contribution in [3.63, 3.8) is 0 Å². The summed E-state index contributed by atoms with van der Waals surface area (Å²) < 4.78 is 0. The van der Waals surface area contributed by atoms with Crippen molar-refractivity contribution >= 4 is 11.5 Å². The molecular formula is C12H19NO. The third kappa shape index (κ3) is 0.870. The number of carbonyl (C=O) groups is 1. The van der Waals surface area contributed by atoms with Gasteiger partial charge in [0.15, 0.2) is 5.78 Å². The summed E-state index contributed by atoms with van der Waals surface area (Å²) in [5.41, 5.74) is 0.871. The molecule has 0 amide bonds. The smallest absolute Gasteiger partial charge is 0.183 e. The molecule has 78 valence electrons. The number of rotatable bonds is 1. The van der Waals surface area contributed by atoms with Crippen molar-refractivity contribution < 1.29 is 4.79 Å². The SMILES string of the molecule is CCN=C1C(=O)[C@]2(C)CC[C@H]1C2(C)C. The Morgan fingerprint density at radius 2 is 2.07 bits per heavy atom. The van der Waals surface area contributed by atoms with Crippen molar-refractivity contribution in [3.8, 4) is 0 Å². The van der Waals surface area contributed by atoms with Crippen LogP contribution in [0.5, 0.6) is 0 Å². The fraction of sp³-hybridized carbons (Fsp3) is 0.833. The molecule has 0 spiro atoms. The van der Waals surface area contributed by atoms with Crippen LogP contribution in [0.25, 0.3) is 0 Å². The number of ketones is 1. The molecule has 2 fully saturated rings. The van der Waals surface area contributed by atoms with Crippen LogP contribution in [0.15, 0.2) is 4.99 Å². The van der Waals surface area contributed by atoms with Gasteiger partial charge in [0, 0.05) is 17.9 Å². The molecule has 2 aliphatic carbocycles. The van der Waals surface area contributed by atoms with E-state index in [1.54, 1.807) is 0 Å². The monoisotopic (exact) mass is 193 g/mol. The third-order valence-corrected chi connectivity index (χ3v) is 4.62. The first-order valence-corrected chi connectivity index (χ1v) is 5.54. The minimum atomic E-state index is -0.133. The summed E-state index contributed by atoms with van der Waals surface area (Å²) in [6.45, 7) is 9.31. The van der Waals surface area contributed by atoms with E-state index in [0.717, 1.165) is 25.1 Å². The average molecular weight is 193 g/mol. The van der Waals surface area contributed by atoms with E-state index in [1.807, 2.05) is 6.92 Å². The van der Waals surface area contributed by atoms with Gasteiger partial charge in [-0.1, -0.05) is 20.8 Å². The maximum atomic E-state index is 12.2. The standard InChI is InChI=1S/C12H19NO/c1-5-13-9-8-6-7-12(4,10(9)14)11(8,2)3/h8H,5-7H2,1-4H3/t8-,12+/m1/s1. The zero-order chi connectivity index (χ0) is 10.6. The van der Waals surface area contributed by atoms with Gasteiger partial charge in [0.2, 0.25) is 0 Å². The average Bonchev–Trinajstić information content (AvgIpc) is 2.41. The van der Waals surface area contributed by atoms with Crippen LogP contribution in [-0.2, 0) is 4.79 Å². The second-order valence-corrected chi connectivity index (χ2v) is 5.33. The highest BCUT2D eigenvalue weighted by Crippen LogP contribution is 2.62. The Labute approximate surface area is 85.8 Å². The first-order chi connectivity index (χ1) is 6.45. The molecule has 0 aliphatic heterocycles. The van der Waals surface area contributed by atoms with Crippen LogP contribution in [0.3, 0.4) is 0 Å². The van der Waals surface area contributed by atoms with Crippen LogP contribution >= 0.6 is 0 Å². The summed E-state index contributed by atoms with van der Waals surface area (Å²) in [7, 11) is 0. The summed E-state index contributed by atoms with van der Waals surface area (Å²) in [5, 5.41) is 0. The van der Waals surface area contributed by atoms with Gasteiger partial charge in [0.1, 0.15) is 0 Å². The number of Topliss-reactive ketones (excluding diaryl/α,β-unsaturated/α-hetero) is 1. The molecular weight excluding hydrogens is 174 g/mol. The molecule has 2 heteroatoms. The van der Waals surface area contributed by atoms with Gasteiger partial charge in [-0.2, -0.15) is 0 Å². The Hall–Kier alpha value is -0.660. The summed E-state index contributed by atoms with van der Waals surface area (Å²) in [6.07, 6.45) is 2.19. The number of fused-ring (bicyclic) bond motifs is 2. The van der Waals surface area contributed by atoms with Gasteiger partial charge in [0.25, 0.3) is 0 Å². The lowest BCUT2D eigenvalue weighted by molar-refractivity contribution is -0.123. The highest BCUT2D eigenvalue weighted by molar-refractivity contribution is 6.45. The van der Waals surface area contributed by atoms with Crippen LogP contribution < -0.4 is 0 Å². The van der Waals surface area contributed by atoms with Crippen LogP contribution in [0, 0.1) is 16.7 Å². The maximum Gasteiger partial charge on any atom is 0.183 e. The van der Waals surface area contributed by atoms with Crippen LogP contribution in [0.4, 0.5) is 0 Å². The fourth-order valence-electron chi connectivity index (χ4n) is 3.18. The van der Waals surface area contributed by atoms with Gasteiger partial charge in [-0.15, -0.1) is 0 Å². The highest BCUT2D eigenvalue weighted by Gasteiger charge is 2.64. The minimum absolute atomic E-state index is 0.123. The first-order valence-electron chi connectivity index (χ1n) is 5.54. The molecule has 2 nitrogen and oxygen atoms in total. The predicted octanol–water partition coefficient (Wildman–Crippen LogP) is 2.47. The van der Waals surface area contributed by atoms with Crippen molar-refractivity contribution in [2.24, 2.45) is 21.7 Å². The van der Waals surface area contributed by atoms with Crippen LogP contribution in [0.1, 0.15) is 40.5 Å². The van der Waals surface area contributed by atoms with Crippen molar-refractivity contribution in [2.75, 3.05) is 6.54 Å². The fourth-order valence-corrected chi connectivity index (χ4v) is 3.18. The number of hydrogen-bond donors (Lipinski definition) is 0. The van der Waals surface area contributed by atoms with Gasteiger partial charge in [-0.05, 0) is 25.2 Å². The molecule has 0 N–H and O–H groups in total. The normalized spacial score (nSPS) is 42.4. The third-order valence-electron chi connectivity index (χ3n) is 4.62. The second-order valence-electron chi connectivity index (χ2n) is 5.33. The molecule has 0 heterocycles. The van der Waals surface area contributed by atoms with E-state index in [4.69, 9.17) is 0 Å². The van der Waals surface area contributed by atoms with E-state index in [0.29, 0.717) is 11.7 Å². The van der Waals surface area contributed by atoms with Gasteiger partial charge in [-0.3, -0.25) is 9.79 Å². The van der Waals surface area contributed by atoms with Gasteiger partial charge >= 0.3 is 0 Å². The quantitative estimate of drug-likeness (QED) is 0.629. The molecule has 0 radical (unpaired) electrons. The topological polar surface area (TPSA) is 29.4 Å².